The molecule has 0 unspecified atom stereocenters. The third-order valence-electron chi connectivity index (χ3n) is 2.11. The largest absolute Gasteiger partial charge is 0.355 e. The lowest BCUT2D eigenvalue weighted by molar-refractivity contribution is 0.521. The van der Waals surface area contributed by atoms with Gasteiger partial charge in [-0.2, -0.15) is 0 Å². The van der Waals surface area contributed by atoms with Gasteiger partial charge >= 0.3 is 0 Å². The van der Waals surface area contributed by atoms with Gasteiger partial charge in [0.1, 0.15) is 5.84 Å². The second-order valence-corrected chi connectivity index (χ2v) is 3.92. The average molecular weight is 225 g/mol. The summed E-state index contributed by atoms with van der Waals surface area (Å²) in [5.74, 6) is 0.623. The van der Waals surface area contributed by atoms with Crippen LogP contribution in [0.4, 0.5) is 0 Å². The van der Waals surface area contributed by atoms with Crippen LogP contribution < -0.4 is 0 Å². The summed E-state index contributed by atoms with van der Waals surface area (Å²) in [6.07, 6.45) is 0. The quantitative estimate of drug-likeness (QED) is 0.720. The van der Waals surface area contributed by atoms with Gasteiger partial charge in [0.15, 0.2) is 0 Å². The van der Waals surface area contributed by atoms with E-state index in [0.717, 1.165) is 16.6 Å². The number of hydrogen-bond acceptors (Lipinski definition) is 1. The van der Waals surface area contributed by atoms with Crippen molar-refractivity contribution in [2.24, 2.45) is 0 Å². The Hall–Kier alpha value is -0.830. The minimum atomic E-state index is 0.623. The van der Waals surface area contributed by atoms with E-state index in [2.05, 4.69) is 22.0 Å². The monoisotopic (exact) mass is 224 g/mol. The SMILES string of the molecule is CN1Cc2cc(Br)ccc2C1=N. The number of nitrogens with zero attached hydrogens (tertiary/aromatic N) is 1. The minimum Gasteiger partial charge on any atom is -0.355 e. The van der Waals surface area contributed by atoms with E-state index in [-0.39, 0.29) is 0 Å². The summed E-state index contributed by atoms with van der Waals surface area (Å²) in [4.78, 5) is 1.94. The second-order valence-electron chi connectivity index (χ2n) is 3.01. The van der Waals surface area contributed by atoms with Gasteiger partial charge in [0.05, 0.1) is 0 Å². The number of rotatable bonds is 0. The van der Waals surface area contributed by atoms with Gasteiger partial charge < -0.3 is 4.90 Å². The Labute approximate surface area is 79.8 Å². The van der Waals surface area contributed by atoms with Crippen molar-refractivity contribution in [1.82, 2.24) is 4.90 Å². The molecule has 0 aliphatic carbocycles. The molecule has 1 aliphatic rings. The van der Waals surface area contributed by atoms with Crippen molar-refractivity contribution < 1.29 is 0 Å². The zero-order valence-corrected chi connectivity index (χ0v) is 8.35. The summed E-state index contributed by atoms with van der Waals surface area (Å²) in [7, 11) is 1.94. The average Bonchev–Trinajstić information content (AvgIpc) is 2.28. The summed E-state index contributed by atoms with van der Waals surface area (Å²) in [5.41, 5.74) is 2.29. The summed E-state index contributed by atoms with van der Waals surface area (Å²) in [6, 6.07) is 6.05. The summed E-state index contributed by atoms with van der Waals surface area (Å²) < 4.78 is 1.09. The van der Waals surface area contributed by atoms with Crippen molar-refractivity contribution in [3.63, 3.8) is 0 Å². The van der Waals surface area contributed by atoms with Crippen molar-refractivity contribution in [3.05, 3.63) is 33.8 Å². The Morgan fingerprint density at radius 2 is 2.25 bits per heavy atom. The van der Waals surface area contributed by atoms with Gasteiger partial charge in [-0.25, -0.2) is 0 Å². The fourth-order valence-corrected chi connectivity index (χ4v) is 1.87. The van der Waals surface area contributed by atoms with Crippen LogP contribution in [0.1, 0.15) is 11.1 Å². The first-order valence-electron chi connectivity index (χ1n) is 3.77. The summed E-state index contributed by atoms with van der Waals surface area (Å²) in [5, 5.41) is 7.72. The highest BCUT2D eigenvalue weighted by molar-refractivity contribution is 9.10. The van der Waals surface area contributed by atoms with E-state index in [4.69, 9.17) is 5.41 Å². The van der Waals surface area contributed by atoms with Crippen LogP contribution in [-0.2, 0) is 6.54 Å². The molecule has 0 bridgehead atoms. The summed E-state index contributed by atoms with van der Waals surface area (Å²) >= 11 is 3.42. The van der Waals surface area contributed by atoms with E-state index >= 15 is 0 Å². The van der Waals surface area contributed by atoms with E-state index < -0.39 is 0 Å². The Kier molecular flexibility index (Phi) is 1.68. The zero-order chi connectivity index (χ0) is 8.72. The Morgan fingerprint density at radius 1 is 1.50 bits per heavy atom. The molecule has 0 saturated carbocycles. The normalized spacial score (nSPS) is 15.2. The first-order chi connectivity index (χ1) is 5.68. The number of hydrogen-bond donors (Lipinski definition) is 1. The van der Waals surface area contributed by atoms with Gasteiger partial charge in [0.2, 0.25) is 0 Å². The molecule has 1 aromatic carbocycles. The molecule has 1 aliphatic heterocycles. The van der Waals surface area contributed by atoms with Gasteiger partial charge in [0.25, 0.3) is 0 Å². The van der Waals surface area contributed by atoms with Gasteiger partial charge in [-0.05, 0) is 23.8 Å². The maximum atomic E-state index is 7.72. The van der Waals surface area contributed by atoms with Crippen molar-refractivity contribution >= 4 is 21.8 Å². The number of amidine groups is 1. The van der Waals surface area contributed by atoms with Crippen LogP contribution in [0.5, 0.6) is 0 Å². The Morgan fingerprint density at radius 3 is 3.00 bits per heavy atom. The molecule has 62 valence electrons. The molecule has 0 fully saturated rings. The molecule has 0 atom stereocenters. The molecule has 2 rings (SSSR count). The van der Waals surface area contributed by atoms with Crippen molar-refractivity contribution in [2.75, 3.05) is 7.05 Å². The van der Waals surface area contributed by atoms with Crippen LogP contribution in [0.25, 0.3) is 0 Å². The molecule has 0 saturated heterocycles. The first-order valence-corrected chi connectivity index (χ1v) is 4.56. The van der Waals surface area contributed by atoms with E-state index in [1.807, 2.05) is 24.1 Å². The van der Waals surface area contributed by atoms with Crippen LogP contribution in [0, 0.1) is 5.41 Å². The molecular weight excluding hydrogens is 216 g/mol. The van der Waals surface area contributed by atoms with Crippen molar-refractivity contribution in [3.8, 4) is 0 Å². The zero-order valence-electron chi connectivity index (χ0n) is 6.76. The van der Waals surface area contributed by atoms with Crippen LogP contribution in [-0.4, -0.2) is 17.8 Å². The third-order valence-corrected chi connectivity index (χ3v) is 2.60. The third kappa shape index (κ3) is 1.05. The fraction of sp³-hybridized carbons (Fsp3) is 0.222. The van der Waals surface area contributed by atoms with E-state index in [1.165, 1.54) is 5.56 Å². The minimum absolute atomic E-state index is 0.623. The Bertz CT molecular complexity index is 346. The lowest BCUT2D eigenvalue weighted by atomic mass is 10.1. The number of nitrogens with one attached hydrogen (secondary N) is 1. The molecule has 0 aromatic heterocycles. The predicted molar refractivity (Wildman–Crippen MR) is 52.4 cm³/mol. The van der Waals surface area contributed by atoms with E-state index in [1.54, 1.807) is 0 Å². The van der Waals surface area contributed by atoms with Crippen LogP contribution in [0.2, 0.25) is 0 Å². The van der Waals surface area contributed by atoms with Crippen molar-refractivity contribution in [1.29, 1.82) is 5.41 Å². The van der Waals surface area contributed by atoms with E-state index in [9.17, 15) is 0 Å². The molecule has 0 amide bonds. The maximum absolute atomic E-state index is 7.72. The lowest BCUT2D eigenvalue weighted by Crippen LogP contribution is -2.17. The maximum Gasteiger partial charge on any atom is 0.128 e. The molecule has 3 heteroatoms. The smallest absolute Gasteiger partial charge is 0.128 e. The van der Waals surface area contributed by atoms with Crippen molar-refractivity contribution in [2.45, 2.75) is 6.54 Å². The van der Waals surface area contributed by atoms with Crippen LogP contribution >= 0.6 is 15.9 Å². The van der Waals surface area contributed by atoms with Crippen LogP contribution in [0.15, 0.2) is 22.7 Å². The molecule has 1 heterocycles. The number of benzene rings is 1. The summed E-state index contributed by atoms with van der Waals surface area (Å²) in [6.45, 7) is 0.855. The molecule has 2 nitrogen and oxygen atoms in total. The van der Waals surface area contributed by atoms with Gasteiger partial charge in [-0.1, -0.05) is 15.9 Å². The van der Waals surface area contributed by atoms with Gasteiger partial charge in [-0.3, -0.25) is 5.41 Å². The Balaban J connectivity index is 2.54. The molecule has 0 radical (unpaired) electrons. The molecule has 1 N–H and O–H groups in total. The number of halogens is 1. The number of fused-ring (bicyclic) bond motifs is 1. The standard InChI is InChI=1S/C9H9BrN2/c1-12-5-6-4-7(10)2-3-8(6)9(12)11/h2-4,11H,5H2,1H3. The fourth-order valence-electron chi connectivity index (χ4n) is 1.46. The lowest BCUT2D eigenvalue weighted by Gasteiger charge is -2.07. The highest BCUT2D eigenvalue weighted by Crippen LogP contribution is 2.24. The van der Waals surface area contributed by atoms with Gasteiger partial charge in [0, 0.05) is 23.6 Å². The highest BCUT2D eigenvalue weighted by atomic mass is 79.9. The first kappa shape index (κ1) is 7.80. The molecule has 12 heavy (non-hydrogen) atoms. The topological polar surface area (TPSA) is 27.1 Å². The molecular formula is C9H9BrN2. The second kappa shape index (κ2) is 2.59. The molecule has 1 aromatic rings. The molecule has 0 spiro atoms. The van der Waals surface area contributed by atoms with Crippen LogP contribution in [0.3, 0.4) is 0 Å². The highest BCUT2D eigenvalue weighted by Gasteiger charge is 2.20. The van der Waals surface area contributed by atoms with E-state index in [0.29, 0.717) is 5.84 Å². The van der Waals surface area contributed by atoms with Gasteiger partial charge in [-0.15, -0.1) is 0 Å². The predicted octanol–water partition coefficient (Wildman–Crippen LogP) is 2.22.